The number of nitrogens with two attached hydrogens (primary N) is 1. The van der Waals surface area contributed by atoms with Crippen molar-refractivity contribution in [2.75, 3.05) is 17.6 Å². The van der Waals surface area contributed by atoms with E-state index in [1.54, 1.807) is 0 Å². The monoisotopic (exact) mass is 248 g/mol. The van der Waals surface area contributed by atoms with E-state index in [9.17, 15) is 0 Å². The highest BCUT2D eigenvalue weighted by molar-refractivity contribution is 5.54. The normalized spacial score (nSPS) is 15.4. The Hall–Kier alpha value is -1.32. The molecule has 0 aromatic carbocycles. The zero-order valence-corrected chi connectivity index (χ0v) is 11.5. The summed E-state index contributed by atoms with van der Waals surface area (Å²) in [7, 11) is 0. The molecule has 18 heavy (non-hydrogen) atoms. The number of rotatable bonds is 6. The van der Waals surface area contributed by atoms with E-state index in [-0.39, 0.29) is 0 Å². The van der Waals surface area contributed by atoms with Gasteiger partial charge in [-0.1, -0.05) is 26.2 Å². The minimum Gasteiger partial charge on any atom is -0.383 e. The first kappa shape index (κ1) is 13.1. The van der Waals surface area contributed by atoms with Crippen molar-refractivity contribution in [3.63, 3.8) is 0 Å². The van der Waals surface area contributed by atoms with Gasteiger partial charge in [-0.05, 0) is 25.7 Å². The Morgan fingerprint density at radius 1 is 1.33 bits per heavy atom. The van der Waals surface area contributed by atoms with E-state index in [1.165, 1.54) is 25.7 Å². The first-order valence-corrected chi connectivity index (χ1v) is 7.07. The zero-order valence-electron chi connectivity index (χ0n) is 11.5. The topological polar surface area (TPSA) is 63.8 Å². The summed E-state index contributed by atoms with van der Waals surface area (Å²) in [6.45, 7) is 5.10. The van der Waals surface area contributed by atoms with Crippen LogP contribution in [-0.4, -0.2) is 16.5 Å². The first-order valence-electron chi connectivity index (χ1n) is 7.07. The predicted octanol–water partition coefficient (Wildman–Crippen LogP) is 2.92. The van der Waals surface area contributed by atoms with Crippen molar-refractivity contribution in [1.82, 2.24) is 9.97 Å². The third kappa shape index (κ3) is 3.12. The highest BCUT2D eigenvalue weighted by Crippen LogP contribution is 2.29. The molecule has 0 saturated heterocycles. The zero-order chi connectivity index (χ0) is 13.0. The Labute approximate surface area is 109 Å². The number of aryl methyl sites for hydroxylation is 1. The largest absolute Gasteiger partial charge is 0.383 e. The van der Waals surface area contributed by atoms with Crippen LogP contribution in [0.5, 0.6) is 0 Å². The fourth-order valence-corrected chi connectivity index (χ4v) is 2.27. The second kappa shape index (κ2) is 6.03. The van der Waals surface area contributed by atoms with Gasteiger partial charge in [-0.2, -0.15) is 0 Å². The van der Waals surface area contributed by atoms with Crippen LogP contribution in [0.15, 0.2) is 0 Å². The Morgan fingerprint density at radius 2 is 2.11 bits per heavy atom. The van der Waals surface area contributed by atoms with Crippen molar-refractivity contribution >= 4 is 11.6 Å². The lowest BCUT2D eigenvalue weighted by atomic mass is 9.83. The maximum Gasteiger partial charge on any atom is 0.134 e. The molecule has 0 bridgehead atoms. The van der Waals surface area contributed by atoms with E-state index < -0.39 is 0 Å². The molecule has 100 valence electrons. The molecular weight excluding hydrogens is 224 g/mol. The highest BCUT2D eigenvalue weighted by atomic mass is 15.1. The quantitative estimate of drug-likeness (QED) is 0.812. The van der Waals surface area contributed by atoms with Crippen molar-refractivity contribution in [3.05, 3.63) is 11.4 Å². The molecule has 1 fully saturated rings. The lowest BCUT2D eigenvalue weighted by Crippen LogP contribution is -2.17. The molecule has 1 aromatic heterocycles. The molecule has 0 aliphatic heterocycles. The Kier molecular flexibility index (Phi) is 4.39. The van der Waals surface area contributed by atoms with E-state index in [0.29, 0.717) is 5.82 Å². The van der Waals surface area contributed by atoms with E-state index in [1.807, 2.05) is 6.92 Å². The van der Waals surface area contributed by atoms with Crippen LogP contribution in [0.1, 0.15) is 50.4 Å². The first-order chi connectivity index (χ1) is 8.70. The van der Waals surface area contributed by atoms with Crippen LogP contribution in [0.25, 0.3) is 0 Å². The van der Waals surface area contributed by atoms with Crippen LogP contribution in [0.3, 0.4) is 0 Å². The van der Waals surface area contributed by atoms with Gasteiger partial charge in [0.15, 0.2) is 0 Å². The maximum atomic E-state index is 5.93. The van der Waals surface area contributed by atoms with Gasteiger partial charge in [-0.3, -0.25) is 0 Å². The molecule has 0 amide bonds. The lowest BCUT2D eigenvalue weighted by Gasteiger charge is -2.25. The summed E-state index contributed by atoms with van der Waals surface area (Å²) in [5, 5.41) is 3.42. The molecule has 1 heterocycles. The van der Waals surface area contributed by atoms with Gasteiger partial charge in [0.05, 0.1) is 0 Å². The SMILES string of the molecule is CCCc1nc(N)c(C)c(NCCC2CCC2)n1. The summed E-state index contributed by atoms with van der Waals surface area (Å²) in [6.07, 6.45) is 7.38. The summed E-state index contributed by atoms with van der Waals surface area (Å²) >= 11 is 0. The van der Waals surface area contributed by atoms with Crippen LogP contribution in [-0.2, 0) is 6.42 Å². The van der Waals surface area contributed by atoms with Gasteiger partial charge < -0.3 is 11.1 Å². The molecule has 0 spiro atoms. The number of aromatic nitrogens is 2. The van der Waals surface area contributed by atoms with Crippen molar-refractivity contribution in [2.24, 2.45) is 5.92 Å². The fourth-order valence-electron chi connectivity index (χ4n) is 2.27. The van der Waals surface area contributed by atoms with Crippen LogP contribution >= 0.6 is 0 Å². The molecule has 1 aromatic rings. The van der Waals surface area contributed by atoms with Crippen LogP contribution in [0.4, 0.5) is 11.6 Å². The average Bonchev–Trinajstić information content (AvgIpc) is 2.28. The highest BCUT2D eigenvalue weighted by Gasteiger charge is 2.17. The van der Waals surface area contributed by atoms with E-state index in [2.05, 4.69) is 22.2 Å². The van der Waals surface area contributed by atoms with Crippen molar-refractivity contribution in [1.29, 1.82) is 0 Å². The number of nitrogens with zero attached hydrogens (tertiary/aromatic N) is 2. The number of nitrogen functional groups attached to an aromatic ring is 1. The average molecular weight is 248 g/mol. The van der Waals surface area contributed by atoms with Gasteiger partial charge in [-0.25, -0.2) is 9.97 Å². The number of hydrogen-bond donors (Lipinski definition) is 2. The molecule has 1 aliphatic rings. The van der Waals surface area contributed by atoms with E-state index in [0.717, 1.165) is 42.5 Å². The molecule has 4 nitrogen and oxygen atoms in total. The van der Waals surface area contributed by atoms with Crippen LogP contribution in [0.2, 0.25) is 0 Å². The van der Waals surface area contributed by atoms with Gasteiger partial charge in [0.25, 0.3) is 0 Å². The standard InChI is InChI=1S/C14H24N4/c1-3-5-12-17-13(15)10(2)14(18-12)16-9-8-11-6-4-7-11/h11H,3-9H2,1-2H3,(H3,15,16,17,18). The molecule has 0 unspecified atom stereocenters. The summed E-state index contributed by atoms with van der Waals surface area (Å²) in [5.74, 6) is 3.31. The number of hydrogen-bond acceptors (Lipinski definition) is 4. The Morgan fingerprint density at radius 3 is 2.72 bits per heavy atom. The van der Waals surface area contributed by atoms with Gasteiger partial charge in [0.1, 0.15) is 17.5 Å². The molecule has 1 aliphatic carbocycles. The second-order valence-corrected chi connectivity index (χ2v) is 5.26. The maximum absolute atomic E-state index is 5.93. The summed E-state index contributed by atoms with van der Waals surface area (Å²) in [5.41, 5.74) is 6.90. The molecule has 3 N–H and O–H groups in total. The van der Waals surface area contributed by atoms with Crippen LogP contribution in [0, 0.1) is 12.8 Å². The summed E-state index contributed by atoms with van der Waals surface area (Å²) in [6, 6.07) is 0. The summed E-state index contributed by atoms with van der Waals surface area (Å²) < 4.78 is 0. The number of nitrogens with one attached hydrogen (secondary N) is 1. The van der Waals surface area contributed by atoms with E-state index >= 15 is 0 Å². The molecule has 0 atom stereocenters. The third-order valence-electron chi connectivity index (χ3n) is 3.77. The van der Waals surface area contributed by atoms with Crippen molar-refractivity contribution < 1.29 is 0 Å². The van der Waals surface area contributed by atoms with Gasteiger partial charge in [0, 0.05) is 18.5 Å². The smallest absolute Gasteiger partial charge is 0.134 e. The third-order valence-corrected chi connectivity index (χ3v) is 3.77. The molecule has 0 radical (unpaired) electrons. The second-order valence-electron chi connectivity index (χ2n) is 5.26. The molecular formula is C14H24N4. The Balaban J connectivity index is 1.96. The number of anilines is 2. The Bertz CT molecular complexity index is 399. The van der Waals surface area contributed by atoms with Crippen molar-refractivity contribution in [3.8, 4) is 0 Å². The lowest BCUT2D eigenvalue weighted by molar-refractivity contribution is 0.303. The minimum absolute atomic E-state index is 0.611. The minimum atomic E-state index is 0.611. The fraction of sp³-hybridized carbons (Fsp3) is 0.714. The predicted molar refractivity (Wildman–Crippen MR) is 75.6 cm³/mol. The summed E-state index contributed by atoms with van der Waals surface area (Å²) in [4.78, 5) is 8.88. The van der Waals surface area contributed by atoms with Crippen molar-refractivity contribution in [2.45, 2.75) is 52.4 Å². The molecule has 2 rings (SSSR count). The van der Waals surface area contributed by atoms with Gasteiger partial charge in [-0.15, -0.1) is 0 Å². The molecule has 4 heteroatoms. The molecule has 1 saturated carbocycles. The van der Waals surface area contributed by atoms with Gasteiger partial charge in [0.2, 0.25) is 0 Å². The van der Waals surface area contributed by atoms with Gasteiger partial charge >= 0.3 is 0 Å². The van der Waals surface area contributed by atoms with E-state index in [4.69, 9.17) is 5.73 Å². The van der Waals surface area contributed by atoms with Crippen LogP contribution < -0.4 is 11.1 Å².